The highest BCUT2D eigenvalue weighted by molar-refractivity contribution is 5.70. The number of hydrogen-bond acceptors (Lipinski definition) is 6. The van der Waals surface area contributed by atoms with Crippen LogP contribution in [0.25, 0.3) is 0 Å². The molecule has 2 unspecified atom stereocenters. The summed E-state index contributed by atoms with van der Waals surface area (Å²) in [6.45, 7) is 6.43. The molecule has 1 aliphatic rings. The number of carbonyl (C=O) groups excluding carboxylic acids is 2. The number of hydrogen-bond donors (Lipinski definition) is 1. The van der Waals surface area contributed by atoms with Crippen molar-refractivity contribution in [2.24, 2.45) is 5.92 Å². The van der Waals surface area contributed by atoms with Crippen LogP contribution in [0.15, 0.2) is 12.2 Å². The zero-order valence-corrected chi connectivity index (χ0v) is 29.0. The lowest BCUT2D eigenvalue weighted by atomic mass is 10.0. The molecule has 1 saturated heterocycles. The Morgan fingerprint density at radius 2 is 1.27 bits per heavy atom. The van der Waals surface area contributed by atoms with Crippen LogP contribution in [0.3, 0.4) is 0 Å². The average molecular weight is 623 g/mol. The molecule has 1 heterocycles. The van der Waals surface area contributed by atoms with E-state index in [0.717, 1.165) is 57.3 Å². The van der Waals surface area contributed by atoms with Gasteiger partial charge >= 0.3 is 11.9 Å². The van der Waals surface area contributed by atoms with E-state index in [1.807, 2.05) is 0 Å². The number of esters is 2. The Bertz CT molecular complexity index is 705. The van der Waals surface area contributed by atoms with Crippen molar-refractivity contribution in [3.63, 3.8) is 0 Å². The molecule has 0 radical (unpaired) electrons. The number of epoxide rings is 1. The smallest absolute Gasteiger partial charge is 0.306 e. The fourth-order valence-corrected chi connectivity index (χ4v) is 5.69. The van der Waals surface area contributed by atoms with Crippen molar-refractivity contribution in [1.82, 2.24) is 0 Å². The Labute approximate surface area is 271 Å². The minimum atomic E-state index is -0.775. The van der Waals surface area contributed by atoms with Gasteiger partial charge < -0.3 is 19.3 Å². The topological polar surface area (TPSA) is 85.4 Å². The molecule has 6 heteroatoms. The van der Waals surface area contributed by atoms with E-state index in [-0.39, 0.29) is 25.2 Å². The van der Waals surface area contributed by atoms with Crippen LogP contribution in [0.1, 0.15) is 181 Å². The molecular weight excluding hydrogens is 552 g/mol. The third-order valence-corrected chi connectivity index (χ3v) is 8.66. The fraction of sp³-hybridized carbons (Fsp3) is 0.895. The van der Waals surface area contributed by atoms with Gasteiger partial charge in [0.1, 0.15) is 6.61 Å². The molecule has 0 aromatic carbocycles. The number of aliphatic hydroxyl groups is 1. The predicted molar refractivity (Wildman–Crippen MR) is 182 cm³/mol. The van der Waals surface area contributed by atoms with Gasteiger partial charge in [-0.05, 0) is 44.4 Å². The van der Waals surface area contributed by atoms with E-state index in [0.29, 0.717) is 25.0 Å². The van der Waals surface area contributed by atoms with E-state index in [4.69, 9.17) is 14.2 Å². The molecule has 44 heavy (non-hydrogen) atoms. The van der Waals surface area contributed by atoms with E-state index in [1.54, 1.807) is 0 Å². The molecular formula is C38H70O6. The van der Waals surface area contributed by atoms with Crippen LogP contribution >= 0.6 is 0 Å². The maximum absolute atomic E-state index is 12.1. The van der Waals surface area contributed by atoms with Crippen LogP contribution in [0.5, 0.6) is 0 Å². The first-order chi connectivity index (χ1) is 21.5. The van der Waals surface area contributed by atoms with Crippen molar-refractivity contribution in [1.29, 1.82) is 0 Å². The summed E-state index contributed by atoms with van der Waals surface area (Å²) in [6, 6.07) is 0. The second-order valence-electron chi connectivity index (χ2n) is 13.5. The summed E-state index contributed by atoms with van der Waals surface area (Å²) in [4.78, 5) is 24.2. The van der Waals surface area contributed by atoms with Crippen molar-refractivity contribution in [3.8, 4) is 0 Å². The minimum Gasteiger partial charge on any atom is -0.462 e. The van der Waals surface area contributed by atoms with Gasteiger partial charge in [-0.15, -0.1) is 0 Å². The molecule has 0 saturated carbocycles. The summed E-state index contributed by atoms with van der Waals surface area (Å²) in [5.41, 5.74) is 0. The molecule has 1 fully saturated rings. The quantitative estimate of drug-likeness (QED) is 0.0348. The summed E-state index contributed by atoms with van der Waals surface area (Å²) in [6.07, 6.45) is 33.0. The third-order valence-electron chi connectivity index (χ3n) is 8.66. The zero-order valence-electron chi connectivity index (χ0n) is 29.0. The van der Waals surface area contributed by atoms with Gasteiger partial charge in [0, 0.05) is 12.8 Å². The van der Waals surface area contributed by atoms with Crippen LogP contribution in [-0.4, -0.2) is 48.6 Å². The number of allylic oxidation sites excluding steroid dienone is 1. The molecule has 1 aliphatic heterocycles. The standard InChI is InChI=1S/C38H70O6/c1-4-5-21-27-35-36(44-35)28-23-18-14-11-12-15-19-24-29-37(40)42-32-34(31-39)43-38(41)30-25-20-16-10-8-6-7-9-13-17-22-26-33(2)3/h18,23,33-36,39H,4-17,19-22,24-32H2,1-3H3/b23-18-/t34-,35?,36?/m0/s1. The average Bonchev–Trinajstić information content (AvgIpc) is 3.76. The number of carbonyl (C=O) groups is 2. The Morgan fingerprint density at radius 3 is 1.86 bits per heavy atom. The van der Waals surface area contributed by atoms with Gasteiger partial charge in [0.2, 0.25) is 0 Å². The first kappa shape index (κ1) is 40.6. The van der Waals surface area contributed by atoms with E-state index < -0.39 is 6.10 Å². The fourth-order valence-electron chi connectivity index (χ4n) is 5.69. The summed E-state index contributed by atoms with van der Waals surface area (Å²) in [5, 5.41) is 9.53. The summed E-state index contributed by atoms with van der Waals surface area (Å²) in [7, 11) is 0. The lowest BCUT2D eigenvalue weighted by Crippen LogP contribution is -2.28. The number of unbranched alkanes of at least 4 members (excludes halogenated alkanes) is 17. The van der Waals surface area contributed by atoms with Gasteiger partial charge in [-0.25, -0.2) is 0 Å². The molecule has 1 N–H and O–H groups in total. The van der Waals surface area contributed by atoms with E-state index in [1.165, 1.54) is 96.3 Å². The van der Waals surface area contributed by atoms with Crippen molar-refractivity contribution < 1.29 is 28.9 Å². The van der Waals surface area contributed by atoms with E-state index in [9.17, 15) is 14.7 Å². The van der Waals surface area contributed by atoms with E-state index in [2.05, 4.69) is 32.9 Å². The lowest BCUT2D eigenvalue weighted by Gasteiger charge is -2.15. The predicted octanol–water partition coefficient (Wildman–Crippen LogP) is 10.2. The van der Waals surface area contributed by atoms with Crippen molar-refractivity contribution in [2.45, 2.75) is 200 Å². The maximum atomic E-state index is 12.1. The highest BCUT2D eigenvalue weighted by Crippen LogP contribution is 2.30. The van der Waals surface area contributed by atoms with Crippen LogP contribution in [0.4, 0.5) is 0 Å². The van der Waals surface area contributed by atoms with Crippen molar-refractivity contribution in [3.05, 3.63) is 12.2 Å². The molecule has 6 nitrogen and oxygen atoms in total. The Kier molecular flexibility index (Phi) is 26.8. The van der Waals surface area contributed by atoms with Gasteiger partial charge in [0.15, 0.2) is 6.10 Å². The first-order valence-electron chi connectivity index (χ1n) is 18.7. The highest BCUT2D eigenvalue weighted by Gasteiger charge is 2.36. The second kappa shape index (κ2) is 29.0. The monoisotopic (exact) mass is 623 g/mol. The molecule has 0 aliphatic carbocycles. The molecule has 0 amide bonds. The minimum absolute atomic E-state index is 0.0729. The molecule has 0 bridgehead atoms. The van der Waals surface area contributed by atoms with Gasteiger partial charge in [-0.2, -0.15) is 0 Å². The highest BCUT2D eigenvalue weighted by atomic mass is 16.6. The maximum Gasteiger partial charge on any atom is 0.306 e. The normalized spacial score (nSPS) is 16.9. The molecule has 1 rings (SSSR count). The summed E-state index contributed by atoms with van der Waals surface area (Å²) < 4.78 is 16.3. The van der Waals surface area contributed by atoms with Gasteiger partial charge in [0.25, 0.3) is 0 Å². The number of aliphatic hydroxyl groups excluding tert-OH is 1. The molecule has 0 aromatic rings. The Balaban J connectivity index is 1.88. The van der Waals surface area contributed by atoms with Crippen molar-refractivity contribution in [2.75, 3.05) is 13.2 Å². The Morgan fingerprint density at radius 1 is 0.705 bits per heavy atom. The SMILES string of the molecule is CCCCCC1OC1C/C=C\CCCCCCCC(=O)OC[C@H](CO)OC(=O)CCCCCCCCCCCCCC(C)C. The molecule has 0 aromatic heterocycles. The van der Waals surface area contributed by atoms with Crippen LogP contribution in [0, 0.1) is 5.92 Å². The first-order valence-corrected chi connectivity index (χ1v) is 18.7. The lowest BCUT2D eigenvalue weighted by molar-refractivity contribution is -0.161. The van der Waals surface area contributed by atoms with Crippen molar-refractivity contribution >= 4 is 11.9 Å². The van der Waals surface area contributed by atoms with E-state index >= 15 is 0 Å². The summed E-state index contributed by atoms with van der Waals surface area (Å²) >= 11 is 0. The summed E-state index contributed by atoms with van der Waals surface area (Å²) in [5.74, 6) is 0.224. The third kappa shape index (κ3) is 25.9. The second-order valence-corrected chi connectivity index (χ2v) is 13.5. The van der Waals surface area contributed by atoms with Crippen LogP contribution in [-0.2, 0) is 23.8 Å². The Hall–Kier alpha value is -1.40. The number of rotatable bonds is 32. The molecule has 258 valence electrons. The van der Waals surface area contributed by atoms with Crippen LogP contribution in [0.2, 0.25) is 0 Å². The molecule has 0 spiro atoms. The van der Waals surface area contributed by atoms with Gasteiger partial charge in [-0.3, -0.25) is 9.59 Å². The largest absolute Gasteiger partial charge is 0.462 e. The zero-order chi connectivity index (χ0) is 32.1. The number of ether oxygens (including phenoxy) is 3. The van der Waals surface area contributed by atoms with Gasteiger partial charge in [0.05, 0.1) is 18.8 Å². The van der Waals surface area contributed by atoms with Gasteiger partial charge in [-0.1, -0.05) is 142 Å². The molecule has 3 atom stereocenters. The van der Waals surface area contributed by atoms with Crippen LogP contribution < -0.4 is 0 Å².